The summed E-state index contributed by atoms with van der Waals surface area (Å²) in [6.45, 7) is 3.46. The van der Waals surface area contributed by atoms with Crippen LogP contribution in [0.4, 0.5) is 0 Å². The highest BCUT2D eigenvalue weighted by Crippen LogP contribution is 2.35. The fourth-order valence-corrected chi connectivity index (χ4v) is 3.45. The molecule has 5 nitrogen and oxygen atoms in total. The van der Waals surface area contributed by atoms with E-state index in [1.54, 1.807) is 37.3 Å². The summed E-state index contributed by atoms with van der Waals surface area (Å²) in [6.07, 6.45) is 0. The van der Waals surface area contributed by atoms with E-state index in [4.69, 9.17) is 36.8 Å². The first-order chi connectivity index (χ1) is 13.8. The first-order valence-electron chi connectivity index (χ1n) is 8.77. The molecule has 0 saturated carbocycles. The van der Waals surface area contributed by atoms with Gasteiger partial charge < -0.3 is 18.7 Å². The summed E-state index contributed by atoms with van der Waals surface area (Å²) >= 11 is 12.1. The summed E-state index contributed by atoms with van der Waals surface area (Å²) < 4.78 is 17.0. The minimum Gasteiger partial charge on any atom is -0.507 e. The minimum atomic E-state index is -0.604. The fraction of sp³-hybridized carbons (Fsp3) is 0.136. The average molecular weight is 431 g/mol. The standard InChI is InChI=1S/C22H16Cl2O5/c1-11-20(25)12(2)22(26)29-21(11)19-8-14-7-16(5-6-18(14)28-19)27-10-13-3-4-15(23)9-17(13)24/h3-9,25H,10H2,1-2H3. The molecule has 0 saturated heterocycles. The van der Waals surface area contributed by atoms with Crippen LogP contribution >= 0.6 is 23.2 Å². The van der Waals surface area contributed by atoms with Crippen molar-refractivity contribution in [3.05, 3.63) is 79.6 Å². The van der Waals surface area contributed by atoms with Gasteiger partial charge in [-0.15, -0.1) is 0 Å². The fourth-order valence-electron chi connectivity index (χ4n) is 2.99. The maximum atomic E-state index is 11.9. The van der Waals surface area contributed by atoms with Gasteiger partial charge in [0.05, 0.1) is 5.56 Å². The van der Waals surface area contributed by atoms with Gasteiger partial charge in [0, 0.05) is 26.6 Å². The number of halogens is 2. The number of hydrogen-bond donors (Lipinski definition) is 1. The van der Waals surface area contributed by atoms with Gasteiger partial charge >= 0.3 is 5.63 Å². The zero-order valence-corrected chi connectivity index (χ0v) is 17.1. The van der Waals surface area contributed by atoms with Crippen molar-refractivity contribution in [2.24, 2.45) is 0 Å². The SMILES string of the molecule is Cc1c(-c2cc3cc(OCc4ccc(Cl)cc4Cl)ccc3o2)oc(=O)c(C)c1O. The molecule has 2 aromatic heterocycles. The zero-order chi connectivity index (χ0) is 20.7. The van der Waals surface area contributed by atoms with Crippen molar-refractivity contribution in [1.29, 1.82) is 0 Å². The third kappa shape index (κ3) is 3.71. The molecule has 2 heterocycles. The molecule has 1 N–H and O–H groups in total. The smallest absolute Gasteiger partial charge is 0.343 e. The summed E-state index contributed by atoms with van der Waals surface area (Å²) in [6, 6.07) is 12.3. The quantitative estimate of drug-likeness (QED) is 0.413. The summed E-state index contributed by atoms with van der Waals surface area (Å²) in [5, 5.41) is 12.0. The molecule has 0 atom stereocenters. The van der Waals surface area contributed by atoms with E-state index in [9.17, 15) is 9.90 Å². The molecule has 4 aromatic rings. The van der Waals surface area contributed by atoms with E-state index >= 15 is 0 Å². The maximum Gasteiger partial charge on any atom is 0.343 e. The molecule has 0 bridgehead atoms. The van der Waals surface area contributed by atoms with Gasteiger partial charge in [0.2, 0.25) is 0 Å². The number of ether oxygens (including phenoxy) is 1. The molecule has 0 aliphatic carbocycles. The van der Waals surface area contributed by atoms with Crippen molar-refractivity contribution < 1.29 is 18.7 Å². The zero-order valence-electron chi connectivity index (χ0n) is 15.6. The Kier molecular flexibility index (Phi) is 5.03. The normalized spacial score (nSPS) is 11.2. The lowest BCUT2D eigenvalue weighted by molar-refractivity contribution is 0.306. The third-order valence-corrected chi connectivity index (χ3v) is 5.26. The van der Waals surface area contributed by atoms with E-state index in [0.717, 1.165) is 10.9 Å². The highest BCUT2D eigenvalue weighted by atomic mass is 35.5. The van der Waals surface area contributed by atoms with Gasteiger partial charge in [-0.3, -0.25) is 0 Å². The van der Waals surface area contributed by atoms with Crippen molar-refractivity contribution in [2.75, 3.05) is 0 Å². The summed E-state index contributed by atoms with van der Waals surface area (Å²) in [5.41, 5.74) is 1.41. The minimum absolute atomic E-state index is 0.0967. The van der Waals surface area contributed by atoms with Crippen LogP contribution in [0, 0.1) is 13.8 Å². The van der Waals surface area contributed by atoms with Crippen LogP contribution in [0.1, 0.15) is 16.7 Å². The highest BCUT2D eigenvalue weighted by Gasteiger charge is 2.18. The van der Waals surface area contributed by atoms with Gasteiger partial charge in [0.1, 0.15) is 23.7 Å². The lowest BCUT2D eigenvalue weighted by Gasteiger charge is -2.08. The Hall–Kier alpha value is -2.89. The Bertz CT molecular complexity index is 1290. The predicted octanol–water partition coefficient (Wildman–Crippen LogP) is 6.26. The lowest BCUT2D eigenvalue weighted by atomic mass is 10.1. The van der Waals surface area contributed by atoms with E-state index in [1.165, 1.54) is 6.92 Å². The Morgan fingerprint density at radius 3 is 2.55 bits per heavy atom. The molecule has 148 valence electrons. The van der Waals surface area contributed by atoms with Crippen molar-refractivity contribution in [1.82, 2.24) is 0 Å². The van der Waals surface area contributed by atoms with Gasteiger partial charge in [-0.25, -0.2) is 4.79 Å². The van der Waals surface area contributed by atoms with E-state index in [2.05, 4.69) is 0 Å². The second-order valence-corrected chi connectivity index (χ2v) is 7.50. The number of aromatic hydroxyl groups is 1. The molecule has 0 amide bonds. The van der Waals surface area contributed by atoms with Crippen molar-refractivity contribution in [2.45, 2.75) is 20.5 Å². The van der Waals surface area contributed by atoms with Gasteiger partial charge in [0.15, 0.2) is 11.5 Å². The Morgan fingerprint density at radius 2 is 1.79 bits per heavy atom. The van der Waals surface area contributed by atoms with Crippen LogP contribution in [0.25, 0.3) is 22.5 Å². The molecular weight excluding hydrogens is 415 g/mol. The van der Waals surface area contributed by atoms with E-state index < -0.39 is 5.63 Å². The van der Waals surface area contributed by atoms with Crippen LogP contribution in [-0.4, -0.2) is 5.11 Å². The molecule has 2 aromatic carbocycles. The number of rotatable bonds is 4. The van der Waals surface area contributed by atoms with Crippen molar-refractivity contribution in [3.63, 3.8) is 0 Å². The van der Waals surface area contributed by atoms with E-state index in [-0.39, 0.29) is 23.7 Å². The van der Waals surface area contributed by atoms with Crippen LogP contribution < -0.4 is 10.4 Å². The third-order valence-electron chi connectivity index (χ3n) is 4.67. The van der Waals surface area contributed by atoms with Crippen molar-refractivity contribution in [3.8, 4) is 23.0 Å². The van der Waals surface area contributed by atoms with Crippen LogP contribution in [0.3, 0.4) is 0 Å². The molecule has 0 aliphatic heterocycles. The van der Waals surface area contributed by atoms with Crippen LogP contribution in [0.2, 0.25) is 10.0 Å². The number of fused-ring (bicyclic) bond motifs is 1. The highest BCUT2D eigenvalue weighted by molar-refractivity contribution is 6.35. The van der Waals surface area contributed by atoms with Gasteiger partial charge in [-0.1, -0.05) is 29.3 Å². The Balaban J connectivity index is 1.64. The van der Waals surface area contributed by atoms with Crippen LogP contribution in [-0.2, 0) is 6.61 Å². The van der Waals surface area contributed by atoms with E-state index in [0.29, 0.717) is 32.7 Å². The largest absolute Gasteiger partial charge is 0.507 e. The molecule has 29 heavy (non-hydrogen) atoms. The van der Waals surface area contributed by atoms with E-state index in [1.807, 2.05) is 12.1 Å². The maximum absolute atomic E-state index is 11.9. The van der Waals surface area contributed by atoms with Gasteiger partial charge in [-0.05, 0) is 50.2 Å². The Morgan fingerprint density at radius 1 is 1.00 bits per heavy atom. The first-order valence-corrected chi connectivity index (χ1v) is 9.53. The summed E-state index contributed by atoms with van der Waals surface area (Å²) in [5.74, 6) is 1.08. The average Bonchev–Trinajstić information content (AvgIpc) is 3.11. The molecule has 4 rings (SSSR count). The summed E-state index contributed by atoms with van der Waals surface area (Å²) in [7, 11) is 0. The van der Waals surface area contributed by atoms with Gasteiger partial charge in [-0.2, -0.15) is 0 Å². The van der Waals surface area contributed by atoms with Crippen LogP contribution in [0.5, 0.6) is 11.5 Å². The molecule has 0 spiro atoms. The molecule has 0 unspecified atom stereocenters. The molecule has 0 aliphatic rings. The monoisotopic (exact) mass is 430 g/mol. The summed E-state index contributed by atoms with van der Waals surface area (Å²) in [4.78, 5) is 11.9. The van der Waals surface area contributed by atoms with Gasteiger partial charge in [0.25, 0.3) is 0 Å². The number of furan rings is 1. The second-order valence-electron chi connectivity index (χ2n) is 6.65. The topological polar surface area (TPSA) is 72.8 Å². The molecular formula is C22H16Cl2O5. The first kappa shape index (κ1) is 19.4. The Labute approximate surface area is 176 Å². The molecule has 0 radical (unpaired) electrons. The number of hydrogen-bond acceptors (Lipinski definition) is 5. The lowest BCUT2D eigenvalue weighted by Crippen LogP contribution is -2.05. The predicted molar refractivity (Wildman–Crippen MR) is 112 cm³/mol. The second kappa shape index (κ2) is 7.50. The van der Waals surface area contributed by atoms with Crippen LogP contribution in [0.15, 0.2) is 56.1 Å². The molecule has 0 fully saturated rings. The molecule has 7 heteroatoms. The number of benzene rings is 2. The van der Waals surface area contributed by atoms with Crippen molar-refractivity contribution >= 4 is 34.2 Å².